The molecule has 1 saturated heterocycles. The summed E-state index contributed by atoms with van der Waals surface area (Å²) in [6, 6.07) is 0.137. The van der Waals surface area contributed by atoms with E-state index >= 15 is 0 Å². The Balaban J connectivity index is 2.76. The van der Waals surface area contributed by atoms with Gasteiger partial charge in [-0.25, -0.2) is 0 Å². The van der Waals surface area contributed by atoms with Gasteiger partial charge in [-0.15, -0.1) is 0 Å². The first-order valence-corrected chi connectivity index (χ1v) is 6.80. The molecular formula is C13H26N2O3. The molecule has 18 heavy (non-hydrogen) atoms. The van der Waals surface area contributed by atoms with E-state index in [1.54, 1.807) is 0 Å². The maximum absolute atomic E-state index is 12.0. The molecule has 5 heteroatoms. The summed E-state index contributed by atoms with van der Waals surface area (Å²) in [5.41, 5.74) is 5.79. The highest BCUT2D eigenvalue weighted by Crippen LogP contribution is 2.21. The minimum absolute atomic E-state index is 0.137. The number of rotatable bonds is 6. The lowest BCUT2D eigenvalue weighted by Crippen LogP contribution is -2.53. The van der Waals surface area contributed by atoms with Crippen LogP contribution in [0.5, 0.6) is 0 Å². The van der Waals surface area contributed by atoms with E-state index in [-0.39, 0.29) is 17.9 Å². The fourth-order valence-corrected chi connectivity index (χ4v) is 2.64. The minimum Gasteiger partial charge on any atom is -0.466 e. The van der Waals surface area contributed by atoms with Crippen molar-refractivity contribution in [3.8, 4) is 0 Å². The highest BCUT2D eigenvalue weighted by Gasteiger charge is 2.35. The summed E-state index contributed by atoms with van der Waals surface area (Å²) >= 11 is 0. The van der Waals surface area contributed by atoms with Gasteiger partial charge in [0, 0.05) is 25.7 Å². The van der Waals surface area contributed by atoms with E-state index in [0.717, 1.165) is 26.3 Å². The van der Waals surface area contributed by atoms with Crippen LogP contribution in [-0.2, 0) is 14.3 Å². The summed E-state index contributed by atoms with van der Waals surface area (Å²) < 4.78 is 10.5. The molecule has 106 valence electrons. The normalized spacial score (nSPS) is 20.7. The lowest BCUT2D eigenvalue weighted by atomic mass is 9.88. The van der Waals surface area contributed by atoms with E-state index in [1.165, 1.54) is 0 Å². The largest absolute Gasteiger partial charge is 0.466 e. The second kappa shape index (κ2) is 7.71. The Bertz CT molecular complexity index is 253. The van der Waals surface area contributed by atoms with Crippen molar-refractivity contribution in [2.75, 3.05) is 39.5 Å². The van der Waals surface area contributed by atoms with Crippen LogP contribution in [0.3, 0.4) is 0 Å². The van der Waals surface area contributed by atoms with Crippen molar-refractivity contribution < 1.29 is 14.3 Å². The first kappa shape index (κ1) is 15.4. The van der Waals surface area contributed by atoms with E-state index in [4.69, 9.17) is 15.2 Å². The van der Waals surface area contributed by atoms with Crippen LogP contribution in [0.1, 0.15) is 20.8 Å². The van der Waals surface area contributed by atoms with Crippen molar-refractivity contribution in [3.63, 3.8) is 0 Å². The lowest BCUT2D eigenvalue weighted by molar-refractivity contribution is -0.152. The molecule has 2 N–H and O–H groups in total. The SMILES string of the molecule is CCOC(=O)[C@H](CN)[C@H](C(C)C)N1CCOCC1. The number of carbonyl (C=O) groups is 1. The smallest absolute Gasteiger partial charge is 0.311 e. The van der Waals surface area contributed by atoms with Gasteiger partial charge in [0.15, 0.2) is 0 Å². The Hall–Kier alpha value is -0.650. The zero-order chi connectivity index (χ0) is 13.5. The third-order valence-electron chi connectivity index (χ3n) is 3.41. The van der Waals surface area contributed by atoms with Crippen LogP contribution in [0.2, 0.25) is 0 Å². The average Bonchev–Trinajstić information content (AvgIpc) is 2.36. The molecule has 0 bridgehead atoms. The van der Waals surface area contributed by atoms with Crippen LogP contribution in [0.15, 0.2) is 0 Å². The third-order valence-corrected chi connectivity index (χ3v) is 3.41. The molecule has 0 aromatic heterocycles. The van der Waals surface area contributed by atoms with Gasteiger partial charge >= 0.3 is 5.97 Å². The van der Waals surface area contributed by atoms with Gasteiger partial charge in [-0.1, -0.05) is 13.8 Å². The molecule has 1 rings (SSSR count). The fraction of sp³-hybridized carbons (Fsp3) is 0.923. The number of carbonyl (C=O) groups excluding carboxylic acids is 1. The Morgan fingerprint density at radius 1 is 1.39 bits per heavy atom. The summed E-state index contributed by atoms with van der Waals surface area (Å²) in [7, 11) is 0. The Kier molecular flexibility index (Phi) is 6.60. The van der Waals surface area contributed by atoms with Gasteiger partial charge in [-0.2, -0.15) is 0 Å². The average molecular weight is 258 g/mol. The van der Waals surface area contributed by atoms with Crippen LogP contribution in [0, 0.1) is 11.8 Å². The number of esters is 1. The number of nitrogens with zero attached hydrogens (tertiary/aromatic N) is 1. The monoisotopic (exact) mass is 258 g/mol. The van der Waals surface area contributed by atoms with E-state index in [1.807, 2.05) is 6.92 Å². The standard InChI is InChI=1S/C13H26N2O3/c1-4-18-13(16)11(9-14)12(10(2)3)15-5-7-17-8-6-15/h10-12H,4-9,14H2,1-3H3/t11-,12+/m1/s1. The van der Waals surface area contributed by atoms with E-state index in [0.29, 0.717) is 19.1 Å². The third kappa shape index (κ3) is 3.93. The molecule has 0 aromatic rings. The number of hydrogen-bond acceptors (Lipinski definition) is 5. The topological polar surface area (TPSA) is 64.8 Å². The number of hydrogen-bond donors (Lipinski definition) is 1. The molecule has 0 amide bonds. The van der Waals surface area contributed by atoms with Crippen LogP contribution in [0.25, 0.3) is 0 Å². The molecule has 2 atom stereocenters. The van der Waals surface area contributed by atoms with Crippen LogP contribution >= 0.6 is 0 Å². The van der Waals surface area contributed by atoms with Gasteiger partial charge in [0.25, 0.3) is 0 Å². The van der Waals surface area contributed by atoms with Crippen molar-refractivity contribution in [2.24, 2.45) is 17.6 Å². The summed E-state index contributed by atoms with van der Waals surface area (Å²) in [6.07, 6.45) is 0. The van der Waals surface area contributed by atoms with Crippen LogP contribution < -0.4 is 5.73 Å². The Morgan fingerprint density at radius 2 is 2.00 bits per heavy atom. The van der Waals surface area contributed by atoms with E-state index in [2.05, 4.69) is 18.7 Å². The minimum atomic E-state index is -0.247. The molecule has 0 aliphatic carbocycles. The van der Waals surface area contributed by atoms with Crippen LogP contribution in [-0.4, -0.2) is 56.4 Å². The van der Waals surface area contributed by atoms with Gasteiger partial charge in [0.2, 0.25) is 0 Å². The van der Waals surface area contributed by atoms with Crippen molar-refractivity contribution in [2.45, 2.75) is 26.8 Å². The molecule has 5 nitrogen and oxygen atoms in total. The summed E-state index contributed by atoms with van der Waals surface area (Å²) in [6.45, 7) is 9.99. The predicted octanol–water partition coefficient (Wildman–Crippen LogP) is 0.481. The molecule has 0 radical (unpaired) electrons. The van der Waals surface area contributed by atoms with Crippen molar-refractivity contribution in [1.29, 1.82) is 0 Å². The van der Waals surface area contributed by atoms with Gasteiger partial charge in [0.1, 0.15) is 0 Å². The summed E-state index contributed by atoms with van der Waals surface area (Å²) in [4.78, 5) is 14.3. The maximum atomic E-state index is 12.0. The second-order valence-corrected chi connectivity index (χ2v) is 4.98. The summed E-state index contributed by atoms with van der Waals surface area (Å²) in [5.74, 6) is -0.0608. The Morgan fingerprint density at radius 3 is 2.44 bits per heavy atom. The molecule has 0 aromatic carbocycles. The van der Waals surface area contributed by atoms with E-state index < -0.39 is 0 Å². The molecule has 1 aliphatic rings. The molecule has 0 saturated carbocycles. The molecule has 1 aliphatic heterocycles. The first-order chi connectivity index (χ1) is 8.61. The molecule has 0 unspecified atom stereocenters. The maximum Gasteiger partial charge on any atom is 0.311 e. The summed E-state index contributed by atoms with van der Waals surface area (Å²) in [5, 5.41) is 0. The lowest BCUT2D eigenvalue weighted by Gasteiger charge is -2.40. The van der Waals surface area contributed by atoms with Gasteiger partial charge in [0.05, 0.1) is 25.7 Å². The highest BCUT2D eigenvalue weighted by molar-refractivity contribution is 5.73. The molecule has 1 heterocycles. The number of nitrogens with two attached hydrogens (primary N) is 1. The number of morpholine rings is 1. The Labute approximate surface area is 110 Å². The first-order valence-electron chi connectivity index (χ1n) is 6.80. The number of ether oxygens (including phenoxy) is 2. The molecule has 0 spiro atoms. The van der Waals surface area contributed by atoms with Gasteiger partial charge in [-0.05, 0) is 12.8 Å². The van der Waals surface area contributed by atoms with Crippen molar-refractivity contribution in [1.82, 2.24) is 4.90 Å². The van der Waals surface area contributed by atoms with Crippen LogP contribution in [0.4, 0.5) is 0 Å². The van der Waals surface area contributed by atoms with E-state index in [9.17, 15) is 4.79 Å². The van der Waals surface area contributed by atoms with Gasteiger partial charge in [-0.3, -0.25) is 9.69 Å². The highest BCUT2D eigenvalue weighted by atomic mass is 16.5. The quantitative estimate of drug-likeness (QED) is 0.702. The fourth-order valence-electron chi connectivity index (χ4n) is 2.64. The van der Waals surface area contributed by atoms with Crippen molar-refractivity contribution >= 4 is 5.97 Å². The zero-order valence-electron chi connectivity index (χ0n) is 11.7. The zero-order valence-corrected chi connectivity index (χ0v) is 11.7. The second-order valence-electron chi connectivity index (χ2n) is 4.98. The molecule has 1 fully saturated rings. The molecular weight excluding hydrogens is 232 g/mol. The van der Waals surface area contributed by atoms with Gasteiger partial charge < -0.3 is 15.2 Å². The van der Waals surface area contributed by atoms with Crippen molar-refractivity contribution in [3.05, 3.63) is 0 Å². The predicted molar refractivity (Wildman–Crippen MR) is 70.2 cm³/mol.